The molecule has 0 unspecified atom stereocenters. The standard InChI is InChI=1S/C9H4F6N2O2/c10-8(11,12)6-3-5(18)4(1-2-16)7(17-6)19-9(13,14)15/h3H,1H2,(H,17,18). The molecule has 1 aromatic rings. The van der Waals surface area contributed by atoms with E-state index in [1.807, 2.05) is 0 Å². The van der Waals surface area contributed by atoms with Crippen LogP contribution in [0, 0.1) is 11.3 Å². The first-order valence-electron chi connectivity index (χ1n) is 4.50. The van der Waals surface area contributed by atoms with Crippen molar-refractivity contribution in [1.29, 1.82) is 5.26 Å². The molecule has 19 heavy (non-hydrogen) atoms. The molecule has 0 atom stereocenters. The minimum atomic E-state index is -5.29. The molecule has 10 heteroatoms. The Morgan fingerprint density at radius 3 is 2.26 bits per heavy atom. The zero-order valence-corrected chi connectivity index (χ0v) is 8.82. The monoisotopic (exact) mass is 286 g/mol. The number of halogens is 6. The molecule has 0 aliphatic heterocycles. The average molecular weight is 286 g/mol. The summed E-state index contributed by atoms with van der Waals surface area (Å²) >= 11 is 0. The van der Waals surface area contributed by atoms with Gasteiger partial charge < -0.3 is 9.72 Å². The van der Waals surface area contributed by atoms with Crippen LogP contribution in [0.5, 0.6) is 5.88 Å². The minimum Gasteiger partial charge on any atom is -0.389 e. The predicted octanol–water partition coefficient (Wildman–Crippen LogP) is 2.36. The summed E-state index contributed by atoms with van der Waals surface area (Å²) < 4.78 is 76.3. The van der Waals surface area contributed by atoms with Gasteiger partial charge in [-0.2, -0.15) is 18.4 Å². The summed E-state index contributed by atoms with van der Waals surface area (Å²) in [4.78, 5) is 12.6. The van der Waals surface area contributed by atoms with Gasteiger partial charge >= 0.3 is 12.5 Å². The molecule has 0 aromatic carbocycles. The number of pyridine rings is 1. The molecule has 1 rings (SSSR count). The van der Waals surface area contributed by atoms with Crippen molar-refractivity contribution < 1.29 is 31.1 Å². The molecule has 1 heterocycles. The SMILES string of the molecule is N#CCc1c(OC(F)(F)F)[nH]c(C(F)(F)F)cc1=O. The molecule has 1 aromatic heterocycles. The molecule has 4 nitrogen and oxygen atoms in total. The second-order valence-electron chi connectivity index (χ2n) is 3.24. The number of ether oxygens (including phenoxy) is 1. The smallest absolute Gasteiger partial charge is 0.389 e. The Kier molecular flexibility index (Phi) is 3.78. The van der Waals surface area contributed by atoms with E-state index in [4.69, 9.17) is 5.26 Å². The molecule has 104 valence electrons. The molecular weight excluding hydrogens is 282 g/mol. The summed E-state index contributed by atoms with van der Waals surface area (Å²) in [6, 6.07) is 1.43. The Labute approximate surface area is 101 Å². The molecule has 0 saturated carbocycles. The van der Waals surface area contributed by atoms with Gasteiger partial charge in [0.2, 0.25) is 5.88 Å². The Bertz CT molecular complexity index is 566. The van der Waals surface area contributed by atoms with Crippen LogP contribution in [-0.4, -0.2) is 11.3 Å². The van der Waals surface area contributed by atoms with Crippen LogP contribution in [0.25, 0.3) is 0 Å². The lowest BCUT2D eigenvalue weighted by Crippen LogP contribution is -2.24. The Morgan fingerprint density at radius 2 is 1.84 bits per heavy atom. The number of alkyl halides is 6. The van der Waals surface area contributed by atoms with E-state index in [-0.39, 0.29) is 6.07 Å². The maximum Gasteiger partial charge on any atom is 0.574 e. The highest BCUT2D eigenvalue weighted by Crippen LogP contribution is 2.30. The fourth-order valence-corrected chi connectivity index (χ4v) is 1.17. The van der Waals surface area contributed by atoms with Crippen LogP contribution in [0.3, 0.4) is 0 Å². The van der Waals surface area contributed by atoms with Crippen molar-refractivity contribution in [3.8, 4) is 11.9 Å². The van der Waals surface area contributed by atoms with Gasteiger partial charge in [-0.3, -0.25) is 4.79 Å². The summed E-state index contributed by atoms with van der Waals surface area (Å²) in [6.07, 6.45) is -11.2. The van der Waals surface area contributed by atoms with Crippen molar-refractivity contribution in [2.75, 3.05) is 0 Å². The quantitative estimate of drug-likeness (QED) is 0.849. The number of nitrogens with one attached hydrogen (secondary N) is 1. The lowest BCUT2D eigenvalue weighted by molar-refractivity contribution is -0.276. The number of hydrogen-bond donors (Lipinski definition) is 1. The van der Waals surface area contributed by atoms with Crippen LogP contribution in [0.2, 0.25) is 0 Å². The minimum absolute atomic E-state index is 0.0654. The molecule has 0 aliphatic carbocycles. The van der Waals surface area contributed by atoms with Crippen LogP contribution in [0.15, 0.2) is 10.9 Å². The number of aromatic amines is 1. The van der Waals surface area contributed by atoms with Crippen LogP contribution in [-0.2, 0) is 12.6 Å². The zero-order chi connectivity index (χ0) is 14.8. The maximum atomic E-state index is 12.3. The topological polar surface area (TPSA) is 65.9 Å². The number of nitrogens with zero attached hydrogens (tertiary/aromatic N) is 1. The summed E-state index contributed by atoms with van der Waals surface area (Å²) in [5, 5.41) is 8.33. The number of H-pyrrole nitrogens is 1. The van der Waals surface area contributed by atoms with Crippen molar-refractivity contribution in [2.24, 2.45) is 0 Å². The predicted molar refractivity (Wildman–Crippen MR) is 48.1 cm³/mol. The second kappa shape index (κ2) is 4.83. The van der Waals surface area contributed by atoms with Gasteiger partial charge in [0.1, 0.15) is 5.69 Å². The van der Waals surface area contributed by atoms with E-state index in [0.717, 1.165) is 0 Å². The summed E-state index contributed by atoms with van der Waals surface area (Å²) in [5.41, 5.74) is -3.89. The molecule has 0 radical (unpaired) electrons. The molecule has 0 bridgehead atoms. The zero-order valence-electron chi connectivity index (χ0n) is 8.82. The third kappa shape index (κ3) is 3.90. The highest BCUT2D eigenvalue weighted by molar-refractivity contribution is 5.31. The summed E-state index contributed by atoms with van der Waals surface area (Å²) in [6.45, 7) is 0. The van der Waals surface area contributed by atoms with Crippen molar-refractivity contribution in [3.05, 3.63) is 27.5 Å². The highest BCUT2D eigenvalue weighted by Gasteiger charge is 2.37. The third-order valence-corrected chi connectivity index (χ3v) is 1.87. The maximum absolute atomic E-state index is 12.3. The first-order chi connectivity index (χ1) is 8.54. The van der Waals surface area contributed by atoms with Crippen LogP contribution >= 0.6 is 0 Å². The van der Waals surface area contributed by atoms with Crippen molar-refractivity contribution in [2.45, 2.75) is 19.0 Å². The molecule has 0 amide bonds. The first kappa shape index (κ1) is 14.9. The Balaban J connectivity index is 3.43. The van der Waals surface area contributed by atoms with E-state index in [1.165, 1.54) is 11.1 Å². The van der Waals surface area contributed by atoms with Gasteiger partial charge in [0.05, 0.1) is 18.1 Å². The van der Waals surface area contributed by atoms with Gasteiger partial charge in [0.15, 0.2) is 5.43 Å². The van der Waals surface area contributed by atoms with Gasteiger partial charge in [-0.15, -0.1) is 13.2 Å². The van der Waals surface area contributed by atoms with Crippen LogP contribution in [0.1, 0.15) is 11.3 Å². The molecular formula is C9H4F6N2O2. The number of rotatable bonds is 2. The molecule has 0 aliphatic rings. The largest absolute Gasteiger partial charge is 0.574 e. The number of nitriles is 1. The number of aromatic nitrogens is 1. The molecule has 0 spiro atoms. The van der Waals surface area contributed by atoms with E-state index in [2.05, 4.69) is 4.74 Å². The van der Waals surface area contributed by atoms with Crippen molar-refractivity contribution in [1.82, 2.24) is 4.98 Å². The Hall–Kier alpha value is -2.18. The second-order valence-corrected chi connectivity index (χ2v) is 3.24. The molecule has 1 N–H and O–H groups in total. The third-order valence-electron chi connectivity index (χ3n) is 1.87. The van der Waals surface area contributed by atoms with Gasteiger partial charge in [-0.25, -0.2) is 0 Å². The van der Waals surface area contributed by atoms with Crippen molar-refractivity contribution in [3.63, 3.8) is 0 Å². The van der Waals surface area contributed by atoms with E-state index < -0.39 is 41.5 Å². The summed E-state index contributed by atoms with van der Waals surface area (Å²) in [7, 11) is 0. The summed E-state index contributed by atoms with van der Waals surface area (Å²) in [5.74, 6) is -1.44. The molecule has 0 fully saturated rings. The van der Waals surface area contributed by atoms with Gasteiger partial charge in [0.25, 0.3) is 0 Å². The van der Waals surface area contributed by atoms with Crippen LogP contribution in [0.4, 0.5) is 26.3 Å². The van der Waals surface area contributed by atoms with Crippen molar-refractivity contribution >= 4 is 0 Å². The normalized spacial score (nSPS) is 12.1. The van der Waals surface area contributed by atoms with Gasteiger partial charge in [-0.05, 0) is 0 Å². The fraction of sp³-hybridized carbons (Fsp3) is 0.333. The van der Waals surface area contributed by atoms with E-state index in [0.29, 0.717) is 0 Å². The Morgan fingerprint density at radius 1 is 1.26 bits per heavy atom. The highest BCUT2D eigenvalue weighted by atomic mass is 19.4. The van der Waals surface area contributed by atoms with E-state index in [9.17, 15) is 31.1 Å². The fourth-order valence-electron chi connectivity index (χ4n) is 1.17. The average Bonchev–Trinajstić information content (AvgIpc) is 2.19. The first-order valence-corrected chi connectivity index (χ1v) is 4.50. The van der Waals surface area contributed by atoms with E-state index >= 15 is 0 Å². The van der Waals surface area contributed by atoms with Crippen LogP contribution < -0.4 is 10.2 Å². The van der Waals surface area contributed by atoms with Gasteiger partial charge in [-0.1, -0.05) is 0 Å². The lowest BCUT2D eigenvalue weighted by atomic mass is 10.2. The number of hydrogen-bond acceptors (Lipinski definition) is 3. The van der Waals surface area contributed by atoms with Gasteiger partial charge in [0, 0.05) is 6.07 Å². The lowest BCUT2D eigenvalue weighted by Gasteiger charge is -2.14. The molecule has 0 saturated heterocycles. The van der Waals surface area contributed by atoms with E-state index in [1.54, 1.807) is 0 Å².